The number of aryl methyl sites for hydroxylation is 1. The zero-order valence-electron chi connectivity index (χ0n) is 16.7. The number of rotatable bonds is 5. The molecule has 1 aliphatic rings. The number of amides is 2. The van der Waals surface area contributed by atoms with Crippen molar-refractivity contribution in [3.63, 3.8) is 0 Å². The van der Waals surface area contributed by atoms with Crippen LogP contribution in [-0.2, 0) is 17.6 Å². The van der Waals surface area contributed by atoms with Crippen molar-refractivity contribution in [3.8, 4) is 5.69 Å². The lowest BCUT2D eigenvalue weighted by molar-refractivity contribution is -0.115. The van der Waals surface area contributed by atoms with Crippen molar-refractivity contribution in [1.29, 1.82) is 0 Å². The van der Waals surface area contributed by atoms with Crippen molar-refractivity contribution < 1.29 is 9.59 Å². The van der Waals surface area contributed by atoms with Crippen LogP contribution in [0.4, 0.5) is 11.4 Å². The van der Waals surface area contributed by atoms with Gasteiger partial charge in [-0.3, -0.25) is 9.59 Å². The van der Waals surface area contributed by atoms with Gasteiger partial charge in [0.2, 0.25) is 5.91 Å². The highest BCUT2D eigenvalue weighted by Gasteiger charge is 2.27. The largest absolute Gasteiger partial charge is 0.326 e. The summed E-state index contributed by atoms with van der Waals surface area (Å²) in [5, 5.41) is 10.5. The molecule has 0 fully saturated rings. The summed E-state index contributed by atoms with van der Waals surface area (Å²) in [6.45, 7) is 3.73. The molecule has 4 rings (SSSR count). The van der Waals surface area contributed by atoms with Crippen molar-refractivity contribution in [1.82, 2.24) is 9.78 Å². The summed E-state index contributed by atoms with van der Waals surface area (Å²) >= 11 is 0. The van der Waals surface area contributed by atoms with Gasteiger partial charge < -0.3 is 10.6 Å². The van der Waals surface area contributed by atoms with E-state index in [4.69, 9.17) is 0 Å². The average molecular weight is 388 g/mol. The highest BCUT2D eigenvalue weighted by Crippen LogP contribution is 2.29. The summed E-state index contributed by atoms with van der Waals surface area (Å²) in [4.78, 5) is 24.8. The number of anilines is 2. The standard InChI is InChI=1S/C23H24N4O2/c1-3-21(28)24-16-13-12-15(2)19(14-16)25-23(29)22-18-10-7-11-20(18)27(26-22)17-8-5-4-6-9-17/h4-6,8-9,12-14H,3,7,10-11H2,1-2H3,(H,24,28)(H,25,29). The molecule has 0 unspecified atom stereocenters. The van der Waals surface area contributed by atoms with E-state index in [-0.39, 0.29) is 11.8 Å². The van der Waals surface area contributed by atoms with E-state index < -0.39 is 0 Å². The van der Waals surface area contributed by atoms with E-state index in [0.717, 1.165) is 41.8 Å². The number of carbonyl (C=O) groups is 2. The Morgan fingerprint density at radius 2 is 1.86 bits per heavy atom. The second-order valence-corrected chi connectivity index (χ2v) is 7.26. The minimum Gasteiger partial charge on any atom is -0.326 e. The summed E-state index contributed by atoms with van der Waals surface area (Å²) in [5.41, 5.74) is 5.84. The zero-order chi connectivity index (χ0) is 20.4. The summed E-state index contributed by atoms with van der Waals surface area (Å²) in [7, 11) is 0. The highest BCUT2D eigenvalue weighted by atomic mass is 16.2. The summed E-state index contributed by atoms with van der Waals surface area (Å²) < 4.78 is 1.89. The topological polar surface area (TPSA) is 76.0 Å². The summed E-state index contributed by atoms with van der Waals surface area (Å²) in [5.74, 6) is -0.287. The maximum absolute atomic E-state index is 13.1. The van der Waals surface area contributed by atoms with Crippen LogP contribution in [0, 0.1) is 6.92 Å². The van der Waals surface area contributed by atoms with Crippen LogP contribution in [0.1, 0.15) is 47.1 Å². The molecule has 6 heteroatoms. The number of fused-ring (bicyclic) bond motifs is 1. The van der Waals surface area contributed by atoms with E-state index >= 15 is 0 Å². The Labute approximate surface area is 169 Å². The van der Waals surface area contributed by atoms with Crippen molar-refractivity contribution in [2.24, 2.45) is 0 Å². The van der Waals surface area contributed by atoms with Gasteiger partial charge in [-0.15, -0.1) is 0 Å². The average Bonchev–Trinajstić information content (AvgIpc) is 3.33. The first-order valence-electron chi connectivity index (χ1n) is 9.95. The smallest absolute Gasteiger partial charge is 0.276 e. The molecule has 0 radical (unpaired) electrons. The van der Waals surface area contributed by atoms with Crippen LogP contribution in [0.15, 0.2) is 48.5 Å². The molecule has 148 valence electrons. The zero-order valence-corrected chi connectivity index (χ0v) is 16.7. The molecule has 0 aliphatic heterocycles. The number of nitrogens with zero attached hydrogens (tertiary/aromatic N) is 2. The van der Waals surface area contributed by atoms with Gasteiger partial charge in [-0.05, 0) is 56.0 Å². The quantitative estimate of drug-likeness (QED) is 0.685. The minimum atomic E-state index is -0.222. The Bertz CT molecular complexity index is 1070. The van der Waals surface area contributed by atoms with Gasteiger partial charge in [0, 0.05) is 29.1 Å². The van der Waals surface area contributed by atoms with Crippen LogP contribution in [0.2, 0.25) is 0 Å². The van der Waals surface area contributed by atoms with E-state index in [1.54, 1.807) is 13.0 Å². The number of aromatic nitrogens is 2. The summed E-state index contributed by atoms with van der Waals surface area (Å²) in [6.07, 6.45) is 3.20. The lowest BCUT2D eigenvalue weighted by atomic mass is 10.1. The Balaban J connectivity index is 1.63. The van der Waals surface area contributed by atoms with E-state index in [2.05, 4.69) is 15.7 Å². The molecule has 1 aromatic heterocycles. The van der Waals surface area contributed by atoms with Gasteiger partial charge in [0.05, 0.1) is 5.69 Å². The normalized spacial score (nSPS) is 12.5. The fourth-order valence-corrected chi connectivity index (χ4v) is 3.67. The van der Waals surface area contributed by atoms with Crippen LogP contribution in [-0.4, -0.2) is 21.6 Å². The number of carbonyl (C=O) groups excluding carboxylic acids is 2. The van der Waals surface area contributed by atoms with Crippen LogP contribution in [0.3, 0.4) is 0 Å². The first kappa shape index (κ1) is 18.9. The third kappa shape index (κ3) is 3.78. The minimum absolute atomic E-state index is 0.0643. The fraction of sp³-hybridized carbons (Fsp3) is 0.261. The van der Waals surface area contributed by atoms with Crippen LogP contribution < -0.4 is 10.6 Å². The number of hydrogen-bond acceptors (Lipinski definition) is 3. The molecule has 6 nitrogen and oxygen atoms in total. The number of hydrogen-bond donors (Lipinski definition) is 2. The molecular weight excluding hydrogens is 364 g/mol. The van der Waals surface area contributed by atoms with Crippen molar-refractivity contribution >= 4 is 23.2 Å². The van der Waals surface area contributed by atoms with Gasteiger partial charge in [0.15, 0.2) is 5.69 Å². The van der Waals surface area contributed by atoms with Crippen LogP contribution >= 0.6 is 0 Å². The lowest BCUT2D eigenvalue weighted by Crippen LogP contribution is -2.16. The van der Waals surface area contributed by atoms with Gasteiger partial charge in [0.1, 0.15) is 0 Å². The lowest BCUT2D eigenvalue weighted by Gasteiger charge is -2.11. The second kappa shape index (κ2) is 7.91. The molecule has 1 heterocycles. The van der Waals surface area contributed by atoms with Crippen LogP contribution in [0.25, 0.3) is 5.69 Å². The van der Waals surface area contributed by atoms with Gasteiger partial charge in [-0.1, -0.05) is 31.2 Å². The van der Waals surface area contributed by atoms with Gasteiger partial charge in [0.25, 0.3) is 5.91 Å². The van der Waals surface area contributed by atoms with Gasteiger partial charge >= 0.3 is 0 Å². The Morgan fingerprint density at radius 3 is 2.62 bits per heavy atom. The van der Waals surface area contributed by atoms with Crippen molar-refractivity contribution in [2.45, 2.75) is 39.5 Å². The van der Waals surface area contributed by atoms with Crippen molar-refractivity contribution in [2.75, 3.05) is 10.6 Å². The predicted octanol–water partition coefficient (Wildman–Crippen LogP) is 4.27. The third-order valence-electron chi connectivity index (χ3n) is 5.24. The van der Waals surface area contributed by atoms with Gasteiger partial charge in [-0.2, -0.15) is 5.10 Å². The Kier molecular flexibility index (Phi) is 5.16. The van der Waals surface area contributed by atoms with E-state index in [1.165, 1.54) is 0 Å². The third-order valence-corrected chi connectivity index (χ3v) is 5.24. The summed E-state index contributed by atoms with van der Waals surface area (Å²) in [6, 6.07) is 15.4. The SMILES string of the molecule is CCC(=O)Nc1ccc(C)c(NC(=O)c2nn(-c3ccccc3)c3c2CCC3)c1. The first-order chi connectivity index (χ1) is 14.1. The predicted molar refractivity (Wildman–Crippen MR) is 114 cm³/mol. The van der Waals surface area contributed by atoms with Gasteiger partial charge in [-0.25, -0.2) is 4.68 Å². The highest BCUT2D eigenvalue weighted by molar-refractivity contribution is 6.05. The molecule has 1 aliphatic carbocycles. The van der Waals surface area contributed by atoms with E-state index in [9.17, 15) is 9.59 Å². The molecule has 0 saturated heterocycles. The molecule has 0 saturated carbocycles. The number of nitrogens with one attached hydrogen (secondary N) is 2. The maximum atomic E-state index is 13.1. The Morgan fingerprint density at radius 1 is 1.07 bits per heavy atom. The monoisotopic (exact) mass is 388 g/mol. The second-order valence-electron chi connectivity index (χ2n) is 7.26. The molecule has 2 aromatic carbocycles. The molecule has 0 bridgehead atoms. The molecule has 3 aromatic rings. The van der Waals surface area contributed by atoms with Crippen LogP contribution in [0.5, 0.6) is 0 Å². The molecule has 29 heavy (non-hydrogen) atoms. The molecule has 0 spiro atoms. The van der Waals surface area contributed by atoms with E-state index in [1.807, 2.05) is 54.1 Å². The molecule has 2 amide bonds. The number of benzene rings is 2. The molecule has 0 atom stereocenters. The maximum Gasteiger partial charge on any atom is 0.276 e. The number of para-hydroxylation sites is 1. The fourth-order valence-electron chi connectivity index (χ4n) is 3.67. The van der Waals surface area contributed by atoms with Crippen molar-refractivity contribution in [3.05, 3.63) is 71.0 Å². The Hall–Kier alpha value is -3.41. The molecule has 2 N–H and O–H groups in total. The molecular formula is C23H24N4O2. The first-order valence-corrected chi connectivity index (χ1v) is 9.95. The van der Waals surface area contributed by atoms with E-state index in [0.29, 0.717) is 23.5 Å².